The van der Waals surface area contributed by atoms with Crippen LogP contribution in [0.4, 0.5) is 0 Å². The summed E-state index contributed by atoms with van der Waals surface area (Å²) in [6.07, 6.45) is 0. The van der Waals surface area contributed by atoms with Crippen LogP contribution in [-0.2, 0) is 20.4 Å². The fourth-order valence-electron chi connectivity index (χ4n) is 7.49. The highest BCUT2D eigenvalue weighted by atomic mass is 32.2. The summed E-state index contributed by atoms with van der Waals surface area (Å²) in [5.41, 5.74) is 3.60. The van der Waals surface area contributed by atoms with E-state index >= 15 is 0 Å². The standard InChI is InChI=1S/C52H38O2S3/c53-49(51(39-19-7-1-8-20-39,40-21-9-2-10-22-40)41-23-11-3-12-24-41)56-47-35-31-45(32-36-47)55-46-33-37-48(38-34-46)57-50(54)52(42-25-13-4-14-26-42,43-27-15-5-16-28-43)44-29-17-6-18-30-44/h1-38H. The largest absolute Gasteiger partial charge is 0.285 e. The average Bonchev–Trinajstić information content (AvgIpc) is 3.28. The topological polar surface area (TPSA) is 34.1 Å². The minimum absolute atomic E-state index is 0.0324. The van der Waals surface area contributed by atoms with Crippen molar-refractivity contribution in [1.82, 2.24) is 0 Å². The maximum Gasteiger partial charge on any atom is 0.213 e. The van der Waals surface area contributed by atoms with Crippen LogP contribution in [0.15, 0.2) is 250 Å². The number of thioether (sulfide) groups is 2. The van der Waals surface area contributed by atoms with Crippen molar-refractivity contribution in [2.45, 2.75) is 30.4 Å². The molecule has 0 aliphatic heterocycles. The van der Waals surface area contributed by atoms with Gasteiger partial charge in [-0.2, -0.15) is 0 Å². The molecule has 0 spiro atoms. The molecule has 276 valence electrons. The molecule has 0 aliphatic rings. The molecule has 0 radical (unpaired) electrons. The number of rotatable bonds is 12. The number of hydrogen-bond acceptors (Lipinski definition) is 5. The third kappa shape index (κ3) is 7.79. The molecular weight excluding hydrogens is 753 g/mol. The molecule has 0 fully saturated rings. The van der Waals surface area contributed by atoms with E-state index in [1.165, 1.54) is 23.5 Å². The molecule has 0 heterocycles. The second kappa shape index (κ2) is 17.5. The first-order chi connectivity index (χ1) is 28.1. The molecule has 0 amide bonds. The van der Waals surface area contributed by atoms with Gasteiger partial charge in [-0.1, -0.05) is 217 Å². The van der Waals surface area contributed by atoms with Gasteiger partial charge in [0, 0.05) is 19.6 Å². The smallest absolute Gasteiger partial charge is 0.213 e. The SMILES string of the molecule is O=C(Sc1ccc(Sc2ccc(SC(=O)C(c3ccccc3)(c3ccccc3)c3ccccc3)cc2)cc1)C(c1ccccc1)(c1ccccc1)c1ccccc1. The van der Waals surface area contributed by atoms with Crippen molar-refractivity contribution in [2.24, 2.45) is 0 Å². The van der Waals surface area contributed by atoms with Gasteiger partial charge in [-0.05, 0) is 81.9 Å². The van der Waals surface area contributed by atoms with Crippen LogP contribution < -0.4 is 0 Å². The molecule has 0 saturated carbocycles. The summed E-state index contributed by atoms with van der Waals surface area (Å²) >= 11 is 4.19. The Hall–Kier alpha value is -5.85. The molecule has 5 heteroatoms. The highest BCUT2D eigenvalue weighted by molar-refractivity contribution is 8.14. The van der Waals surface area contributed by atoms with Crippen molar-refractivity contribution >= 4 is 45.5 Å². The Bertz CT molecular complexity index is 2150. The summed E-state index contributed by atoms with van der Waals surface area (Å²) in [7, 11) is 0. The van der Waals surface area contributed by atoms with Gasteiger partial charge in [0.1, 0.15) is 10.8 Å². The lowest BCUT2D eigenvalue weighted by atomic mass is 9.70. The number of benzene rings is 8. The first kappa shape index (κ1) is 38.0. The van der Waals surface area contributed by atoms with E-state index in [4.69, 9.17) is 0 Å². The van der Waals surface area contributed by atoms with Gasteiger partial charge in [0.05, 0.1) is 0 Å². The van der Waals surface area contributed by atoms with Crippen molar-refractivity contribution in [3.63, 3.8) is 0 Å². The van der Waals surface area contributed by atoms with Crippen molar-refractivity contribution in [2.75, 3.05) is 0 Å². The minimum Gasteiger partial charge on any atom is -0.285 e. The van der Waals surface area contributed by atoms with Gasteiger partial charge in [0.15, 0.2) is 0 Å². The molecule has 0 saturated heterocycles. The Kier molecular flexibility index (Phi) is 11.7. The van der Waals surface area contributed by atoms with Gasteiger partial charge in [-0.25, -0.2) is 0 Å². The van der Waals surface area contributed by atoms with Gasteiger partial charge >= 0.3 is 0 Å². The third-order valence-electron chi connectivity index (χ3n) is 10.2. The maximum atomic E-state index is 14.8. The number of carbonyl (C=O) groups excluding carboxylic acids is 2. The fraction of sp³-hybridized carbons (Fsp3) is 0.0385. The number of hydrogen-bond donors (Lipinski definition) is 0. The molecule has 0 unspecified atom stereocenters. The number of carbonyl (C=O) groups is 2. The molecule has 8 rings (SSSR count). The molecule has 8 aromatic rings. The molecule has 2 nitrogen and oxygen atoms in total. The second-order valence-corrected chi connectivity index (χ2v) is 16.8. The monoisotopic (exact) mass is 790 g/mol. The van der Waals surface area contributed by atoms with Crippen molar-refractivity contribution in [3.8, 4) is 0 Å². The zero-order valence-corrected chi connectivity index (χ0v) is 33.4. The third-order valence-corrected chi connectivity index (χ3v) is 13.2. The quantitative estimate of drug-likeness (QED) is 0.0909. The molecule has 0 atom stereocenters. The van der Waals surface area contributed by atoms with Crippen molar-refractivity contribution in [3.05, 3.63) is 264 Å². The highest BCUT2D eigenvalue weighted by Gasteiger charge is 2.45. The summed E-state index contributed by atoms with van der Waals surface area (Å²) in [6.45, 7) is 0. The Balaban J connectivity index is 1.02. The van der Waals surface area contributed by atoms with Gasteiger partial charge in [0.2, 0.25) is 10.2 Å². The molecule has 0 N–H and O–H groups in total. The maximum absolute atomic E-state index is 14.8. The summed E-state index contributed by atoms with van der Waals surface area (Å²) < 4.78 is 0. The Labute approximate surface area is 347 Å². The van der Waals surface area contributed by atoms with E-state index in [1.807, 2.05) is 206 Å². The van der Waals surface area contributed by atoms with Crippen LogP contribution in [0.2, 0.25) is 0 Å². The van der Waals surface area contributed by atoms with E-state index in [-0.39, 0.29) is 10.2 Å². The fourth-order valence-corrected chi connectivity index (χ4v) is 10.3. The van der Waals surface area contributed by atoms with Crippen molar-refractivity contribution < 1.29 is 9.59 Å². The second-order valence-electron chi connectivity index (χ2n) is 13.5. The Morgan fingerprint density at radius 3 is 0.667 bits per heavy atom. The van der Waals surface area contributed by atoms with Gasteiger partial charge in [-0.15, -0.1) is 0 Å². The van der Waals surface area contributed by atoms with E-state index < -0.39 is 10.8 Å². The average molecular weight is 791 g/mol. The molecule has 0 aliphatic carbocycles. The van der Waals surface area contributed by atoms with E-state index in [2.05, 4.69) is 24.3 Å². The summed E-state index contributed by atoms with van der Waals surface area (Å²) in [4.78, 5) is 33.4. The van der Waals surface area contributed by atoms with E-state index in [9.17, 15) is 9.59 Å². The Morgan fingerprint density at radius 2 is 0.456 bits per heavy atom. The molecule has 0 aromatic heterocycles. The van der Waals surface area contributed by atoms with Crippen LogP contribution in [-0.4, -0.2) is 10.2 Å². The van der Waals surface area contributed by atoms with Gasteiger partial charge in [-0.3, -0.25) is 9.59 Å². The minimum atomic E-state index is -0.994. The highest BCUT2D eigenvalue weighted by Crippen LogP contribution is 2.46. The molecule has 57 heavy (non-hydrogen) atoms. The van der Waals surface area contributed by atoms with Crippen LogP contribution in [0.3, 0.4) is 0 Å². The van der Waals surface area contributed by atoms with E-state index in [0.717, 1.165) is 53.0 Å². The zero-order chi connectivity index (χ0) is 38.9. The van der Waals surface area contributed by atoms with Crippen molar-refractivity contribution in [1.29, 1.82) is 0 Å². The van der Waals surface area contributed by atoms with Crippen LogP contribution in [0.5, 0.6) is 0 Å². The predicted octanol–water partition coefficient (Wildman–Crippen LogP) is 13.1. The lowest BCUT2D eigenvalue weighted by Gasteiger charge is -2.34. The van der Waals surface area contributed by atoms with E-state index in [0.29, 0.717) is 0 Å². The van der Waals surface area contributed by atoms with E-state index in [1.54, 1.807) is 11.8 Å². The van der Waals surface area contributed by atoms with Crippen LogP contribution in [0.25, 0.3) is 0 Å². The first-order valence-corrected chi connectivity index (χ1v) is 21.2. The van der Waals surface area contributed by atoms with Crippen LogP contribution in [0.1, 0.15) is 33.4 Å². The van der Waals surface area contributed by atoms with Crippen LogP contribution in [0, 0.1) is 0 Å². The lowest BCUT2D eigenvalue weighted by molar-refractivity contribution is -0.114. The first-order valence-electron chi connectivity index (χ1n) is 18.7. The Morgan fingerprint density at radius 1 is 0.263 bits per heavy atom. The summed E-state index contributed by atoms with van der Waals surface area (Å²) in [5, 5.41) is 0.0647. The van der Waals surface area contributed by atoms with Gasteiger partial charge < -0.3 is 0 Å². The molecular formula is C52H38O2S3. The predicted molar refractivity (Wildman–Crippen MR) is 237 cm³/mol. The molecule has 0 bridgehead atoms. The summed E-state index contributed by atoms with van der Waals surface area (Å²) in [6, 6.07) is 76.8. The zero-order valence-electron chi connectivity index (χ0n) is 31.0. The summed E-state index contributed by atoms with van der Waals surface area (Å²) in [5.74, 6) is 0. The lowest BCUT2D eigenvalue weighted by Crippen LogP contribution is -2.36. The normalized spacial score (nSPS) is 11.5. The van der Waals surface area contributed by atoms with Crippen LogP contribution >= 0.6 is 35.3 Å². The molecule has 8 aromatic carbocycles. The van der Waals surface area contributed by atoms with Gasteiger partial charge in [0.25, 0.3) is 0 Å².